The van der Waals surface area contributed by atoms with Crippen molar-refractivity contribution in [3.63, 3.8) is 0 Å². The van der Waals surface area contributed by atoms with Crippen molar-refractivity contribution in [2.75, 3.05) is 19.7 Å². The molecule has 1 aromatic heterocycles. The molecule has 1 aliphatic heterocycles. The SMILES string of the molecule is CCOc1ccccc1CN1CC[C@H](c2ncc(C)[nH]2)C1. The summed E-state index contributed by atoms with van der Waals surface area (Å²) >= 11 is 0. The van der Waals surface area contributed by atoms with Crippen molar-refractivity contribution in [2.24, 2.45) is 0 Å². The largest absolute Gasteiger partial charge is 0.494 e. The molecule has 4 heteroatoms. The van der Waals surface area contributed by atoms with Crippen LogP contribution >= 0.6 is 0 Å². The van der Waals surface area contributed by atoms with Crippen molar-refractivity contribution in [1.29, 1.82) is 0 Å². The number of hydrogen-bond donors (Lipinski definition) is 1. The Balaban J connectivity index is 1.65. The highest BCUT2D eigenvalue weighted by Gasteiger charge is 2.26. The van der Waals surface area contributed by atoms with Crippen molar-refractivity contribution in [1.82, 2.24) is 14.9 Å². The zero-order valence-electron chi connectivity index (χ0n) is 12.8. The number of aromatic nitrogens is 2. The summed E-state index contributed by atoms with van der Waals surface area (Å²) in [6.07, 6.45) is 3.09. The van der Waals surface area contributed by atoms with Gasteiger partial charge in [0.25, 0.3) is 0 Å². The number of aryl methyl sites for hydroxylation is 1. The van der Waals surface area contributed by atoms with Crippen LogP contribution in [0.2, 0.25) is 0 Å². The molecule has 0 unspecified atom stereocenters. The Morgan fingerprint density at radius 3 is 3.00 bits per heavy atom. The molecule has 2 heterocycles. The summed E-state index contributed by atoms with van der Waals surface area (Å²) in [4.78, 5) is 10.3. The number of aromatic amines is 1. The molecular weight excluding hydrogens is 262 g/mol. The van der Waals surface area contributed by atoms with E-state index >= 15 is 0 Å². The van der Waals surface area contributed by atoms with Gasteiger partial charge in [0.1, 0.15) is 11.6 Å². The zero-order valence-corrected chi connectivity index (χ0v) is 12.8. The first-order valence-electron chi connectivity index (χ1n) is 7.71. The third kappa shape index (κ3) is 3.27. The molecule has 1 aromatic carbocycles. The Bertz CT molecular complexity index is 593. The van der Waals surface area contributed by atoms with E-state index in [4.69, 9.17) is 4.74 Å². The second-order valence-electron chi connectivity index (χ2n) is 5.71. The molecule has 3 rings (SSSR count). The molecule has 2 aromatic rings. The van der Waals surface area contributed by atoms with Gasteiger partial charge in [-0.25, -0.2) is 4.98 Å². The van der Waals surface area contributed by atoms with Gasteiger partial charge in [-0.15, -0.1) is 0 Å². The average molecular weight is 285 g/mol. The van der Waals surface area contributed by atoms with Crippen LogP contribution in [0.4, 0.5) is 0 Å². The summed E-state index contributed by atoms with van der Waals surface area (Å²) in [7, 11) is 0. The summed E-state index contributed by atoms with van der Waals surface area (Å²) in [6, 6.07) is 8.34. The first-order valence-corrected chi connectivity index (χ1v) is 7.71. The topological polar surface area (TPSA) is 41.1 Å². The van der Waals surface area contributed by atoms with Crippen LogP contribution in [0.3, 0.4) is 0 Å². The van der Waals surface area contributed by atoms with Crippen molar-refractivity contribution in [3.8, 4) is 5.75 Å². The Morgan fingerprint density at radius 2 is 2.24 bits per heavy atom. The van der Waals surface area contributed by atoms with Crippen LogP contribution in [0.15, 0.2) is 30.5 Å². The van der Waals surface area contributed by atoms with E-state index in [0.29, 0.717) is 12.5 Å². The summed E-state index contributed by atoms with van der Waals surface area (Å²) in [5.74, 6) is 2.67. The Morgan fingerprint density at radius 1 is 1.38 bits per heavy atom. The molecule has 4 nitrogen and oxygen atoms in total. The molecule has 1 saturated heterocycles. The summed E-state index contributed by atoms with van der Waals surface area (Å²) in [6.45, 7) is 7.93. The number of rotatable bonds is 5. The quantitative estimate of drug-likeness (QED) is 0.917. The molecular formula is C17H23N3O. The van der Waals surface area contributed by atoms with Crippen molar-refractivity contribution >= 4 is 0 Å². The van der Waals surface area contributed by atoms with Crippen LogP contribution in [0.5, 0.6) is 5.75 Å². The van der Waals surface area contributed by atoms with E-state index in [1.54, 1.807) is 0 Å². The smallest absolute Gasteiger partial charge is 0.123 e. The van der Waals surface area contributed by atoms with Crippen LogP contribution in [0.1, 0.15) is 36.3 Å². The monoisotopic (exact) mass is 285 g/mol. The first kappa shape index (κ1) is 14.1. The molecule has 21 heavy (non-hydrogen) atoms. The molecule has 1 atom stereocenters. The van der Waals surface area contributed by atoms with Gasteiger partial charge in [-0.1, -0.05) is 18.2 Å². The number of hydrogen-bond acceptors (Lipinski definition) is 3. The standard InChI is InChI=1S/C17H23N3O/c1-3-21-16-7-5-4-6-14(16)11-20-9-8-15(12-20)17-18-10-13(2)19-17/h4-7,10,15H,3,8-9,11-12H2,1-2H3,(H,18,19)/t15-/m0/s1. The molecule has 0 bridgehead atoms. The molecule has 0 radical (unpaired) electrons. The molecule has 112 valence electrons. The van der Waals surface area contributed by atoms with Crippen LogP contribution in [0, 0.1) is 6.92 Å². The fraction of sp³-hybridized carbons (Fsp3) is 0.471. The predicted octanol–water partition coefficient (Wildman–Crippen LogP) is 3.11. The van der Waals surface area contributed by atoms with E-state index in [1.165, 1.54) is 12.0 Å². The number of ether oxygens (including phenoxy) is 1. The van der Waals surface area contributed by atoms with E-state index < -0.39 is 0 Å². The lowest BCUT2D eigenvalue weighted by Crippen LogP contribution is -2.20. The Labute approximate surface area is 126 Å². The van der Waals surface area contributed by atoms with Gasteiger partial charge in [0.2, 0.25) is 0 Å². The molecule has 0 spiro atoms. The molecule has 1 N–H and O–H groups in total. The minimum atomic E-state index is 0.526. The van der Waals surface area contributed by atoms with Gasteiger partial charge in [-0.2, -0.15) is 0 Å². The molecule has 0 amide bonds. The predicted molar refractivity (Wildman–Crippen MR) is 83.6 cm³/mol. The third-order valence-electron chi connectivity index (χ3n) is 4.05. The zero-order chi connectivity index (χ0) is 14.7. The first-order chi connectivity index (χ1) is 10.3. The minimum Gasteiger partial charge on any atom is -0.494 e. The number of H-pyrrole nitrogens is 1. The minimum absolute atomic E-state index is 0.526. The van der Waals surface area contributed by atoms with Gasteiger partial charge < -0.3 is 9.72 Å². The summed E-state index contributed by atoms with van der Waals surface area (Å²) < 4.78 is 5.72. The number of imidazole rings is 1. The summed E-state index contributed by atoms with van der Waals surface area (Å²) in [5.41, 5.74) is 2.42. The molecule has 1 fully saturated rings. The second-order valence-corrected chi connectivity index (χ2v) is 5.71. The van der Waals surface area contributed by atoms with Gasteiger partial charge in [0.05, 0.1) is 6.61 Å². The number of benzene rings is 1. The summed E-state index contributed by atoms with van der Waals surface area (Å²) in [5, 5.41) is 0. The molecule has 0 aliphatic carbocycles. The third-order valence-corrected chi connectivity index (χ3v) is 4.05. The van der Waals surface area contributed by atoms with E-state index in [-0.39, 0.29) is 0 Å². The number of nitrogens with one attached hydrogen (secondary N) is 1. The molecule has 0 saturated carbocycles. The lowest BCUT2D eigenvalue weighted by Gasteiger charge is -2.18. The van der Waals surface area contributed by atoms with Crippen LogP contribution in [0.25, 0.3) is 0 Å². The fourth-order valence-electron chi connectivity index (χ4n) is 3.01. The van der Waals surface area contributed by atoms with Crippen LogP contribution < -0.4 is 4.74 Å². The highest BCUT2D eigenvalue weighted by atomic mass is 16.5. The van der Waals surface area contributed by atoms with E-state index in [2.05, 4.69) is 40.0 Å². The van der Waals surface area contributed by atoms with Gasteiger partial charge in [0, 0.05) is 36.5 Å². The highest BCUT2D eigenvalue weighted by molar-refractivity contribution is 5.33. The lowest BCUT2D eigenvalue weighted by molar-refractivity contribution is 0.302. The van der Waals surface area contributed by atoms with Crippen molar-refractivity contribution in [3.05, 3.63) is 47.5 Å². The van der Waals surface area contributed by atoms with Crippen molar-refractivity contribution < 1.29 is 4.74 Å². The van der Waals surface area contributed by atoms with Crippen LogP contribution in [-0.4, -0.2) is 34.6 Å². The number of nitrogens with zero attached hydrogens (tertiary/aromatic N) is 2. The van der Waals surface area contributed by atoms with Gasteiger partial charge in [0.15, 0.2) is 0 Å². The van der Waals surface area contributed by atoms with Crippen molar-refractivity contribution in [2.45, 2.75) is 32.7 Å². The normalized spacial score (nSPS) is 19.0. The lowest BCUT2D eigenvalue weighted by atomic mass is 10.1. The van der Waals surface area contributed by atoms with Gasteiger partial charge in [-0.05, 0) is 32.9 Å². The molecule has 1 aliphatic rings. The Hall–Kier alpha value is -1.81. The van der Waals surface area contributed by atoms with E-state index in [9.17, 15) is 0 Å². The van der Waals surface area contributed by atoms with Gasteiger partial charge >= 0.3 is 0 Å². The maximum Gasteiger partial charge on any atom is 0.123 e. The van der Waals surface area contributed by atoms with E-state index in [1.807, 2.05) is 19.2 Å². The fourth-order valence-corrected chi connectivity index (χ4v) is 3.01. The number of likely N-dealkylation sites (tertiary alicyclic amines) is 1. The number of para-hydroxylation sites is 1. The van der Waals surface area contributed by atoms with Gasteiger partial charge in [-0.3, -0.25) is 4.90 Å². The maximum atomic E-state index is 5.72. The second kappa shape index (κ2) is 6.31. The average Bonchev–Trinajstić information content (AvgIpc) is 3.10. The van der Waals surface area contributed by atoms with E-state index in [0.717, 1.165) is 36.9 Å². The highest BCUT2D eigenvalue weighted by Crippen LogP contribution is 2.28. The van der Waals surface area contributed by atoms with Crippen LogP contribution in [-0.2, 0) is 6.54 Å². The Kier molecular flexibility index (Phi) is 4.25. The maximum absolute atomic E-state index is 5.72.